The van der Waals surface area contributed by atoms with Crippen LogP contribution in [0.5, 0.6) is 0 Å². The molecule has 1 aromatic heterocycles. The monoisotopic (exact) mass is 462 g/mol. The van der Waals surface area contributed by atoms with Gasteiger partial charge < -0.3 is 20.3 Å². The fraction of sp³-hybridized carbons (Fsp3) is 0.435. The number of benzene rings is 1. The van der Waals surface area contributed by atoms with E-state index in [0.717, 1.165) is 6.07 Å². The molecule has 1 fully saturated rings. The molecule has 1 atom stereocenters. The number of amides is 2. The van der Waals surface area contributed by atoms with Crippen LogP contribution in [-0.2, 0) is 10.2 Å². The van der Waals surface area contributed by atoms with E-state index in [1.807, 2.05) is 0 Å². The number of hydrogen-bond donors (Lipinski definition) is 2. The zero-order chi connectivity index (χ0) is 24.1. The number of pyridine rings is 1. The Morgan fingerprint density at radius 2 is 1.94 bits per heavy atom. The van der Waals surface area contributed by atoms with Gasteiger partial charge in [0, 0.05) is 42.4 Å². The lowest BCUT2D eigenvalue weighted by molar-refractivity contribution is 0.0104. The zero-order valence-corrected chi connectivity index (χ0v) is 18.8. The van der Waals surface area contributed by atoms with Crippen LogP contribution >= 0.6 is 0 Å². The highest BCUT2D eigenvalue weighted by Gasteiger charge is 2.43. The van der Waals surface area contributed by atoms with Crippen molar-refractivity contribution in [2.45, 2.75) is 44.8 Å². The molecule has 1 saturated heterocycles. The summed E-state index contributed by atoms with van der Waals surface area (Å²) < 4.78 is 49.6. The Balaban J connectivity index is 1.62. The summed E-state index contributed by atoms with van der Waals surface area (Å²) in [6.07, 6.45) is 0.750. The first-order valence-electron chi connectivity index (χ1n) is 10.6. The lowest BCUT2D eigenvalue weighted by Gasteiger charge is -2.41. The molecule has 33 heavy (non-hydrogen) atoms. The molecule has 10 heteroatoms. The molecule has 0 spiro atoms. The van der Waals surface area contributed by atoms with E-state index in [4.69, 9.17) is 4.74 Å². The topological polar surface area (TPSA) is 83.6 Å². The SMILES string of the molecule is CC(C)(C)OC(=O)N1CC(Nc2ncc3c(c2F)[C@](C)(c2cccc(F)c2F)CNC3=O)C1. The number of fused-ring (bicyclic) bond motifs is 1. The maximum Gasteiger partial charge on any atom is 0.410 e. The van der Waals surface area contributed by atoms with E-state index < -0.39 is 40.5 Å². The number of carbonyl (C=O) groups excluding carboxylic acids is 2. The van der Waals surface area contributed by atoms with Gasteiger partial charge in [-0.2, -0.15) is 0 Å². The molecule has 4 rings (SSSR count). The molecule has 2 amide bonds. The number of halogens is 3. The van der Waals surface area contributed by atoms with Crippen molar-refractivity contribution in [3.8, 4) is 0 Å². The maximum absolute atomic E-state index is 15.7. The number of hydrogen-bond acceptors (Lipinski definition) is 5. The Morgan fingerprint density at radius 1 is 1.24 bits per heavy atom. The lowest BCUT2D eigenvalue weighted by atomic mass is 9.72. The van der Waals surface area contributed by atoms with Crippen LogP contribution in [0.4, 0.5) is 23.8 Å². The quantitative estimate of drug-likeness (QED) is 0.729. The highest BCUT2D eigenvalue weighted by atomic mass is 19.2. The molecule has 0 radical (unpaired) electrons. The Hall–Kier alpha value is -3.30. The van der Waals surface area contributed by atoms with Gasteiger partial charge in [0.15, 0.2) is 23.3 Å². The first kappa shape index (κ1) is 22.9. The Bertz CT molecular complexity index is 1130. The second kappa shape index (κ2) is 7.93. The maximum atomic E-state index is 15.7. The van der Waals surface area contributed by atoms with Crippen LogP contribution in [0.15, 0.2) is 24.4 Å². The molecule has 0 unspecified atom stereocenters. The van der Waals surface area contributed by atoms with Crippen molar-refractivity contribution in [1.82, 2.24) is 15.2 Å². The molecular weight excluding hydrogens is 437 g/mol. The number of nitrogens with zero attached hydrogens (tertiary/aromatic N) is 2. The molecule has 2 aliphatic rings. The van der Waals surface area contributed by atoms with Crippen molar-refractivity contribution >= 4 is 17.8 Å². The summed E-state index contributed by atoms with van der Waals surface area (Å²) in [5, 5.41) is 5.55. The number of rotatable bonds is 3. The molecule has 176 valence electrons. The predicted molar refractivity (Wildman–Crippen MR) is 115 cm³/mol. The molecular formula is C23H25F3N4O3. The molecule has 2 aromatic rings. The van der Waals surface area contributed by atoms with Crippen molar-refractivity contribution in [3.63, 3.8) is 0 Å². The van der Waals surface area contributed by atoms with Crippen molar-refractivity contribution in [3.05, 3.63) is 58.5 Å². The standard InChI is InChI=1S/C23H25F3N4O3/c1-22(2,3)33-21(32)30-9-12(10-30)29-19-18(26)16-13(8-27-19)20(31)28-11-23(16,4)14-6-5-7-15(24)17(14)25/h5-8,12H,9-11H2,1-4H3,(H,27,29)(H,28,31)/t23-/m0/s1. The van der Waals surface area contributed by atoms with E-state index in [-0.39, 0.29) is 48.2 Å². The number of ether oxygens (including phenoxy) is 1. The molecule has 7 nitrogen and oxygen atoms in total. The van der Waals surface area contributed by atoms with E-state index in [2.05, 4.69) is 15.6 Å². The molecule has 2 aliphatic heterocycles. The van der Waals surface area contributed by atoms with Crippen LogP contribution in [-0.4, -0.2) is 53.2 Å². The van der Waals surface area contributed by atoms with Gasteiger partial charge in [-0.15, -0.1) is 0 Å². The summed E-state index contributed by atoms with van der Waals surface area (Å²) >= 11 is 0. The summed E-state index contributed by atoms with van der Waals surface area (Å²) in [5.74, 6) is -3.64. The van der Waals surface area contributed by atoms with Gasteiger partial charge in [-0.25, -0.2) is 22.9 Å². The van der Waals surface area contributed by atoms with Gasteiger partial charge in [0.25, 0.3) is 5.91 Å². The summed E-state index contributed by atoms with van der Waals surface area (Å²) in [6, 6.07) is 3.41. The van der Waals surface area contributed by atoms with Gasteiger partial charge in [0.2, 0.25) is 0 Å². The Morgan fingerprint density at radius 3 is 2.61 bits per heavy atom. The number of anilines is 1. The second-order valence-corrected chi connectivity index (χ2v) is 9.55. The number of carbonyl (C=O) groups is 2. The first-order chi connectivity index (χ1) is 15.4. The molecule has 0 aliphatic carbocycles. The molecule has 0 bridgehead atoms. The summed E-state index contributed by atoms with van der Waals surface area (Å²) in [7, 11) is 0. The van der Waals surface area contributed by atoms with E-state index >= 15 is 4.39 Å². The Kier molecular flexibility index (Phi) is 5.50. The fourth-order valence-corrected chi connectivity index (χ4v) is 4.14. The first-order valence-corrected chi connectivity index (χ1v) is 10.6. The second-order valence-electron chi connectivity index (χ2n) is 9.55. The highest BCUT2D eigenvalue weighted by Crippen LogP contribution is 2.41. The summed E-state index contributed by atoms with van der Waals surface area (Å²) in [5.41, 5.74) is -2.16. The van der Waals surface area contributed by atoms with Crippen LogP contribution < -0.4 is 10.6 Å². The number of likely N-dealkylation sites (tertiary alicyclic amines) is 1. The van der Waals surface area contributed by atoms with Gasteiger partial charge in [0.1, 0.15) is 5.60 Å². The van der Waals surface area contributed by atoms with Gasteiger partial charge in [0.05, 0.1) is 11.6 Å². The third-order valence-corrected chi connectivity index (χ3v) is 5.84. The molecule has 3 heterocycles. The van der Waals surface area contributed by atoms with Crippen molar-refractivity contribution in [1.29, 1.82) is 0 Å². The predicted octanol–water partition coefficient (Wildman–Crippen LogP) is 3.58. The van der Waals surface area contributed by atoms with Crippen LogP contribution in [0.25, 0.3) is 0 Å². The van der Waals surface area contributed by atoms with Crippen LogP contribution in [0.2, 0.25) is 0 Å². The largest absolute Gasteiger partial charge is 0.444 e. The smallest absolute Gasteiger partial charge is 0.410 e. The van der Waals surface area contributed by atoms with Gasteiger partial charge in [-0.05, 0) is 33.8 Å². The minimum Gasteiger partial charge on any atom is -0.444 e. The molecule has 2 N–H and O–H groups in total. The Labute approximate surface area is 189 Å². The van der Waals surface area contributed by atoms with Crippen molar-refractivity contribution in [2.24, 2.45) is 0 Å². The average molecular weight is 462 g/mol. The van der Waals surface area contributed by atoms with Crippen LogP contribution in [0.1, 0.15) is 49.2 Å². The van der Waals surface area contributed by atoms with Crippen LogP contribution in [0.3, 0.4) is 0 Å². The molecule has 0 saturated carbocycles. The van der Waals surface area contributed by atoms with Gasteiger partial charge in [-0.1, -0.05) is 12.1 Å². The average Bonchev–Trinajstić information content (AvgIpc) is 2.69. The number of nitrogens with one attached hydrogen (secondary N) is 2. The van der Waals surface area contributed by atoms with E-state index in [1.165, 1.54) is 23.2 Å². The normalized spacial score (nSPS) is 20.6. The third-order valence-electron chi connectivity index (χ3n) is 5.84. The van der Waals surface area contributed by atoms with Gasteiger partial charge >= 0.3 is 6.09 Å². The third kappa shape index (κ3) is 4.09. The fourth-order valence-electron chi connectivity index (χ4n) is 4.14. The minimum atomic E-state index is -1.36. The number of aromatic nitrogens is 1. The van der Waals surface area contributed by atoms with E-state index in [0.29, 0.717) is 0 Å². The zero-order valence-electron chi connectivity index (χ0n) is 18.8. The lowest BCUT2D eigenvalue weighted by Crippen LogP contribution is -2.58. The minimum absolute atomic E-state index is 0.0422. The van der Waals surface area contributed by atoms with Gasteiger partial charge in [-0.3, -0.25) is 4.79 Å². The van der Waals surface area contributed by atoms with Crippen LogP contribution in [0, 0.1) is 17.5 Å². The van der Waals surface area contributed by atoms with Crippen molar-refractivity contribution < 1.29 is 27.5 Å². The van der Waals surface area contributed by atoms with E-state index in [9.17, 15) is 18.4 Å². The highest BCUT2D eigenvalue weighted by molar-refractivity contribution is 5.98. The molecule has 1 aromatic carbocycles. The summed E-state index contributed by atoms with van der Waals surface area (Å²) in [4.78, 5) is 30.0. The summed E-state index contributed by atoms with van der Waals surface area (Å²) in [6.45, 7) is 7.29. The van der Waals surface area contributed by atoms with E-state index in [1.54, 1.807) is 27.7 Å². The van der Waals surface area contributed by atoms with Crippen molar-refractivity contribution in [2.75, 3.05) is 25.0 Å².